The molecule has 1 saturated heterocycles. The van der Waals surface area contributed by atoms with Crippen molar-refractivity contribution in [3.8, 4) is 0 Å². The molecule has 0 radical (unpaired) electrons. The molecule has 1 aliphatic carbocycles. The van der Waals surface area contributed by atoms with E-state index in [-0.39, 0.29) is 18.4 Å². The van der Waals surface area contributed by atoms with E-state index in [9.17, 15) is 19.2 Å². The van der Waals surface area contributed by atoms with E-state index in [1.165, 1.54) is 0 Å². The molecule has 0 unspecified atom stereocenters. The van der Waals surface area contributed by atoms with Gasteiger partial charge in [-0.3, -0.25) is 19.3 Å². The van der Waals surface area contributed by atoms with E-state index in [0.29, 0.717) is 19.4 Å². The Labute approximate surface area is 141 Å². The van der Waals surface area contributed by atoms with Gasteiger partial charge in [0.05, 0.1) is 0 Å². The summed E-state index contributed by atoms with van der Waals surface area (Å²) in [5, 5.41) is 7.96. The average molecular weight is 338 g/mol. The first kappa shape index (κ1) is 18.2. The van der Waals surface area contributed by atoms with Crippen molar-refractivity contribution in [1.82, 2.24) is 20.9 Å². The molecule has 1 heterocycles. The summed E-state index contributed by atoms with van der Waals surface area (Å²) in [6, 6.07) is -1.24. The Morgan fingerprint density at radius 2 is 1.92 bits per heavy atom. The van der Waals surface area contributed by atoms with Crippen molar-refractivity contribution in [2.45, 2.75) is 64.0 Å². The molecule has 3 N–H and O–H groups in total. The molecule has 1 spiro atoms. The van der Waals surface area contributed by atoms with E-state index in [1.807, 2.05) is 6.92 Å². The lowest BCUT2D eigenvalue weighted by Gasteiger charge is -2.30. The molecule has 8 nitrogen and oxygen atoms in total. The molecule has 1 saturated carbocycles. The minimum absolute atomic E-state index is 0.286. The number of rotatable bonds is 6. The number of hydrogen-bond acceptors (Lipinski definition) is 4. The van der Waals surface area contributed by atoms with E-state index in [0.717, 1.165) is 30.6 Å². The summed E-state index contributed by atoms with van der Waals surface area (Å²) in [6.45, 7) is 3.67. The topological polar surface area (TPSA) is 108 Å². The van der Waals surface area contributed by atoms with Crippen LogP contribution in [-0.2, 0) is 14.4 Å². The molecule has 0 bridgehead atoms. The number of amides is 5. The van der Waals surface area contributed by atoms with Gasteiger partial charge in [-0.25, -0.2) is 4.79 Å². The Balaban J connectivity index is 1.90. The third kappa shape index (κ3) is 3.85. The van der Waals surface area contributed by atoms with Gasteiger partial charge in [-0.15, -0.1) is 0 Å². The SMILES string of the molecule is CCCNC(=O)[C@@H](C)NC(=O)CN1C(=O)NC2(CCCCC2)C1=O. The summed E-state index contributed by atoms with van der Waals surface area (Å²) in [4.78, 5) is 49.5. The van der Waals surface area contributed by atoms with Gasteiger partial charge in [-0.1, -0.05) is 26.2 Å². The number of carbonyl (C=O) groups excluding carboxylic acids is 4. The number of carbonyl (C=O) groups is 4. The smallest absolute Gasteiger partial charge is 0.325 e. The molecular weight excluding hydrogens is 312 g/mol. The molecule has 8 heteroatoms. The fraction of sp³-hybridized carbons (Fsp3) is 0.750. The standard InChI is InChI=1S/C16H26N4O4/c1-3-9-17-13(22)11(2)18-12(21)10-20-14(23)16(19-15(20)24)7-5-4-6-8-16/h11H,3-10H2,1-2H3,(H,17,22)(H,18,21)(H,19,24)/t11-/m1/s1. The summed E-state index contributed by atoms with van der Waals surface area (Å²) >= 11 is 0. The van der Waals surface area contributed by atoms with Crippen molar-refractivity contribution in [3.63, 3.8) is 0 Å². The maximum atomic E-state index is 12.6. The second-order valence-electron chi connectivity index (χ2n) is 6.54. The second kappa shape index (κ2) is 7.63. The fourth-order valence-electron chi connectivity index (χ4n) is 3.21. The third-order valence-corrected chi connectivity index (χ3v) is 4.57. The van der Waals surface area contributed by atoms with Crippen LogP contribution in [0.4, 0.5) is 4.79 Å². The molecule has 0 aromatic carbocycles. The van der Waals surface area contributed by atoms with Crippen molar-refractivity contribution in [2.75, 3.05) is 13.1 Å². The van der Waals surface area contributed by atoms with Crippen LogP contribution in [0, 0.1) is 0 Å². The van der Waals surface area contributed by atoms with Gasteiger partial charge in [-0.2, -0.15) is 0 Å². The number of urea groups is 1. The molecular formula is C16H26N4O4. The Hall–Kier alpha value is -2.12. The van der Waals surface area contributed by atoms with Gasteiger partial charge in [0.1, 0.15) is 18.1 Å². The maximum absolute atomic E-state index is 12.6. The molecule has 1 atom stereocenters. The first-order chi connectivity index (χ1) is 11.4. The normalized spacial score (nSPS) is 20.7. The Bertz CT molecular complexity index is 528. The molecule has 5 amide bonds. The minimum Gasteiger partial charge on any atom is -0.354 e. The van der Waals surface area contributed by atoms with Crippen molar-refractivity contribution in [3.05, 3.63) is 0 Å². The van der Waals surface area contributed by atoms with Crippen LogP contribution in [0.3, 0.4) is 0 Å². The lowest BCUT2D eigenvalue weighted by atomic mass is 9.82. The summed E-state index contributed by atoms with van der Waals surface area (Å²) in [6.07, 6.45) is 4.87. The van der Waals surface area contributed by atoms with Crippen LogP contribution in [0.1, 0.15) is 52.4 Å². The zero-order valence-corrected chi connectivity index (χ0v) is 14.3. The molecule has 24 heavy (non-hydrogen) atoms. The van der Waals surface area contributed by atoms with Crippen molar-refractivity contribution in [1.29, 1.82) is 0 Å². The molecule has 1 aliphatic heterocycles. The van der Waals surface area contributed by atoms with Crippen LogP contribution >= 0.6 is 0 Å². The summed E-state index contributed by atoms with van der Waals surface area (Å²) in [7, 11) is 0. The van der Waals surface area contributed by atoms with Gasteiger partial charge in [0, 0.05) is 6.54 Å². The summed E-state index contributed by atoms with van der Waals surface area (Å²) < 4.78 is 0. The highest BCUT2D eigenvalue weighted by Crippen LogP contribution is 2.33. The largest absolute Gasteiger partial charge is 0.354 e. The molecule has 2 rings (SSSR count). The van der Waals surface area contributed by atoms with E-state index in [2.05, 4.69) is 16.0 Å². The van der Waals surface area contributed by atoms with Crippen LogP contribution in [0.5, 0.6) is 0 Å². The first-order valence-corrected chi connectivity index (χ1v) is 8.61. The average Bonchev–Trinajstić information content (AvgIpc) is 2.77. The van der Waals surface area contributed by atoms with Crippen molar-refractivity contribution < 1.29 is 19.2 Å². The molecule has 134 valence electrons. The maximum Gasteiger partial charge on any atom is 0.325 e. The highest BCUT2D eigenvalue weighted by Gasteiger charge is 2.51. The Morgan fingerprint density at radius 3 is 2.54 bits per heavy atom. The lowest BCUT2D eigenvalue weighted by Crippen LogP contribution is -2.50. The van der Waals surface area contributed by atoms with Crippen molar-refractivity contribution in [2.24, 2.45) is 0 Å². The van der Waals surface area contributed by atoms with Crippen LogP contribution in [0.25, 0.3) is 0 Å². The van der Waals surface area contributed by atoms with Gasteiger partial charge < -0.3 is 16.0 Å². The van der Waals surface area contributed by atoms with Gasteiger partial charge in [-0.05, 0) is 26.2 Å². The zero-order valence-electron chi connectivity index (χ0n) is 14.3. The molecule has 0 aromatic rings. The predicted octanol–water partition coefficient (Wildman–Crippen LogP) is 0.272. The molecule has 0 aromatic heterocycles. The summed E-state index contributed by atoms with van der Waals surface area (Å²) in [5.74, 6) is -1.14. The van der Waals surface area contributed by atoms with Crippen LogP contribution in [0.15, 0.2) is 0 Å². The Morgan fingerprint density at radius 1 is 1.25 bits per heavy atom. The number of hydrogen-bond donors (Lipinski definition) is 3. The second-order valence-corrected chi connectivity index (χ2v) is 6.54. The van der Waals surface area contributed by atoms with Gasteiger partial charge in [0.2, 0.25) is 11.8 Å². The van der Waals surface area contributed by atoms with Gasteiger partial charge >= 0.3 is 6.03 Å². The number of nitrogens with one attached hydrogen (secondary N) is 3. The first-order valence-electron chi connectivity index (χ1n) is 8.61. The van der Waals surface area contributed by atoms with Crippen LogP contribution in [0.2, 0.25) is 0 Å². The number of imide groups is 1. The van der Waals surface area contributed by atoms with E-state index >= 15 is 0 Å². The minimum atomic E-state index is -0.834. The van der Waals surface area contributed by atoms with E-state index in [1.54, 1.807) is 6.92 Å². The lowest BCUT2D eigenvalue weighted by molar-refractivity contribution is -0.136. The highest BCUT2D eigenvalue weighted by atomic mass is 16.2. The summed E-state index contributed by atoms with van der Waals surface area (Å²) in [5.41, 5.74) is -0.834. The van der Waals surface area contributed by atoms with Crippen LogP contribution in [-0.4, -0.2) is 53.3 Å². The third-order valence-electron chi connectivity index (χ3n) is 4.57. The quantitative estimate of drug-likeness (QED) is 0.604. The highest BCUT2D eigenvalue weighted by molar-refractivity contribution is 6.09. The van der Waals surface area contributed by atoms with Crippen molar-refractivity contribution >= 4 is 23.8 Å². The van der Waals surface area contributed by atoms with E-state index in [4.69, 9.17) is 0 Å². The Kier molecular flexibility index (Phi) is 5.80. The zero-order chi connectivity index (χ0) is 17.7. The van der Waals surface area contributed by atoms with Gasteiger partial charge in [0.25, 0.3) is 5.91 Å². The monoisotopic (exact) mass is 338 g/mol. The van der Waals surface area contributed by atoms with Crippen LogP contribution < -0.4 is 16.0 Å². The number of nitrogens with zero attached hydrogens (tertiary/aromatic N) is 1. The van der Waals surface area contributed by atoms with E-state index < -0.39 is 23.5 Å². The predicted molar refractivity (Wildman–Crippen MR) is 87.0 cm³/mol. The van der Waals surface area contributed by atoms with Gasteiger partial charge in [0.15, 0.2) is 0 Å². The fourth-order valence-corrected chi connectivity index (χ4v) is 3.21. The molecule has 2 aliphatic rings. The molecule has 2 fully saturated rings.